The maximum atomic E-state index is 13.5. The Morgan fingerprint density at radius 2 is 2.13 bits per heavy atom. The van der Waals surface area contributed by atoms with Crippen molar-refractivity contribution >= 4 is 0 Å². The van der Waals surface area contributed by atoms with Gasteiger partial charge in [-0.3, -0.25) is 0 Å². The van der Waals surface area contributed by atoms with Crippen molar-refractivity contribution in [2.45, 2.75) is 33.4 Å². The van der Waals surface area contributed by atoms with Crippen molar-refractivity contribution < 1.29 is 4.39 Å². The molecule has 1 nitrogen and oxygen atoms in total. The normalized spacial score (nSPS) is 9.93. The van der Waals surface area contributed by atoms with Crippen molar-refractivity contribution in [3.63, 3.8) is 0 Å². The fraction of sp³-hybridized carbons (Fsp3) is 0.385. The van der Waals surface area contributed by atoms with Crippen molar-refractivity contribution in [2.75, 3.05) is 0 Å². The highest BCUT2D eigenvalue weighted by Gasteiger charge is 2.02. The van der Waals surface area contributed by atoms with Gasteiger partial charge in [0.05, 0.1) is 0 Å². The van der Waals surface area contributed by atoms with Gasteiger partial charge in [0.25, 0.3) is 0 Å². The number of hydrogen-bond acceptors (Lipinski definition) is 1. The summed E-state index contributed by atoms with van der Waals surface area (Å²) in [6.45, 7) is 6.37. The van der Waals surface area contributed by atoms with Gasteiger partial charge in [-0.1, -0.05) is 25.8 Å². The minimum absolute atomic E-state index is 0.191. The summed E-state index contributed by atoms with van der Waals surface area (Å²) in [7, 11) is 0. The van der Waals surface area contributed by atoms with E-state index in [9.17, 15) is 4.39 Å². The molecular weight excluding hydrogens is 189 g/mol. The molecule has 1 rings (SSSR count). The third-order valence-corrected chi connectivity index (χ3v) is 2.02. The largest absolute Gasteiger partial charge is 0.310 e. The Kier molecular flexibility index (Phi) is 4.33. The molecule has 0 spiro atoms. The zero-order valence-corrected chi connectivity index (χ0v) is 9.39. The van der Waals surface area contributed by atoms with Crippen molar-refractivity contribution in [3.8, 4) is 11.8 Å². The molecule has 0 saturated carbocycles. The van der Waals surface area contributed by atoms with Gasteiger partial charge in [-0.15, -0.1) is 5.92 Å². The van der Waals surface area contributed by atoms with Crippen LogP contribution in [0.1, 0.15) is 31.9 Å². The van der Waals surface area contributed by atoms with Gasteiger partial charge in [-0.25, -0.2) is 4.39 Å². The van der Waals surface area contributed by atoms with E-state index < -0.39 is 0 Å². The van der Waals surface area contributed by atoms with Crippen LogP contribution < -0.4 is 5.32 Å². The Labute approximate surface area is 90.7 Å². The molecule has 0 fully saturated rings. The summed E-state index contributed by atoms with van der Waals surface area (Å²) in [5.41, 5.74) is 1.41. The van der Waals surface area contributed by atoms with Crippen LogP contribution in [0.3, 0.4) is 0 Å². The number of nitrogens with one attached hydrogen (secondary N) is 1. The Hall–Kier alpha value is -1.33. The van der Waals surface area contributed by atoms with Gasteiger partial charge in [0.2, 0.25) is 0 Å². The second kappa shape index (κ2) is 5.53. The van der Waals surface area contributed by atoms with Crippen molar-refractivity contribution in [3.05, 3.63) is 35.1 Å². The van der Waals surface area contributed by atoms with E-state index in [1.165, 1.54) is 6.07 Å². The molecule has 0 saturated heterocycles. The van der Waals surface area contributed by atoms with Crippen LogP contribution in [-0.2, 0) is 6.54 Å². The number of benzene rings is 1. The van der Waals surface area contributed by atoms with Gasteiger partial charge < -0.3 is 5.32 Å². The molecule has 1 aromatic carbocycles. The van der Waals surface area contributed by atoms with Gasteiger partial charge >= 0.3 is 0 Å². The Bertz CT molecular complexity index is 385. The Balaban J connectivity index is 2.77. The summed E-state index contributed by atoms with van der Waals surface area (Å²) in [5.74, 6) is 5.39. The Morgan fingerprint density at radius 1 is 1.40 bits per heavy atom. The fourth-order valence-corrected chi connectivity index (χ4v) is 1.23. The average molecular weight is 205 g/mol. The summed E-state index contributed by atoms with van der Waals surface area (Å²) in [6, 6.07) is 5.47. The first-order valence-corrected chi connectivity index (χ1v) is 5.08. The van der Waals surface area contributed by atoms with Crippen LogP contribution in [0.5, 0.6) is 0 Å². The van der Waals surface area contributed by atoms with Gasteiger partial charge in [-0.2, -0.15) is 0 Å². The van der Waals surface area contributed by atoms with Crippen LogP contribution in [0.2, 0.25) is 0 Å². The quantitative estimate of drug-likeness (QED) is 0.748. The first kappa shape index (κ1) is 11.7. The standard InChI is InChI=1S/C13H16FN/c1-4-5-11-6-7-12(13(14)8-11)9-15-10(2)3/h6-8,10,15H,9H2,1-3H3. The average Bonchev–Trinajstić information content (AvgIpc) is 2.17. The third-order valence-electron chi connectivity index (χ3n) is 2.02. The summed E-state index contributed by atoms with van der Waals surface area (Å²) in [6.07, 6.45) is 0. The molecule has 2 heteroatoms. The maximum absolute atomic E-state index is 13.5. The monoisotopic (exact) mass is 205 g/mol. The summed E-state index contributed by atoms with van der Waals surface area (Å²) in [4.78, 5) is 0. The molecule has 0 aliphatic heterocycles. The minimum atomic E-state index is -0.191. The molecule has 0 aliphatic carbocycles. The molecule has 80 valence electrons. The first-order chi connectivity index (χ1) is 7.13. The van der Waals surface area contributed by atoms with Crippen molar-refractivity contribution in [1.29, 1.82) is 0 Å². The number of rotatable bonds is 3. The highest BCUT2D eigenvalue weighted by Crippen LogP contribution is 2.09. The highest BCUT2D eigenvalue weighted by atomic mass is 19.1. The maximum Gasteiger partial charge on any atom is 0.128 e. The molecule has 0 amide bonds. The fourth-order valence-electron chi connectivity index (χ4n) is 1.23. The molecule has 0 unspecified atom stereocenters. The van der Waals surface area contributed by atoms with Crippen LogP contribution >= 0.6 is 0 Å². The molecule has 1 N–H and O–H groups in total. The lowest BCUT2D eigenvalue weighted by Crippen LogP contribution is -2.22. The molecule has 0 bridgehead atoms. The van der Waals surface area contributed by atoms with E-state index in [0.717, 1.165) is 5.56 Å². The molecule has 0 atom stereocenters. The lowest BCUT2D eigenvalue weighted by molar-refractivity contribution is 0.553. The molecule has 1 aromatic rings. The van der Waals surface area contributed by atoms with Gasteiger partial charge in [0.1, 0.15) is 5.82 Å². The van der Waals surface area contributed by atoms with Gasteiger partial charge in [0, 0.05) is 23.7 Å². The summed E-state index contributed by atoms with van der Waals surface area (Å²) < 4.78 is 13.5. The zero-order chi connectivity index (χ0) is 11.3. The number of halogens is 1. The highest BCUT2D eigenvalue weighted by molar-refractivity contribution is 5.36. The van der Waals surface area contributed by atoms with Crippen molar-refractivity contribution in [1.82, 2.24) is 5.32 Å². The predicted molar refractivity (Wildman–Crippen MR) is 60.9 cm³/mol. The lowest BCUT2D eigenvalue weighted by Gasteiger charge is -2.08. The van der Waals surface area contributed by atoms with Gasteiger partial charge in [-0.05, 0) is 19.1 Å². The minimum Gasteiger partial charge on any atom is -0.310 e. The predicted octanol–water partition coefficient (Wildman–Crippen LogP) is 2.70. The Morgan fingerprint density at radius 3 is 2.67 bits per heavy atom. The SMILES string of the molecule is CC#Cc1ccc(CNC(C)C)c(F)c1. The topological polar surface area (TPSA) is 12.0 Å². The third kappa shape index (κ3) is 3.73. The van der Waals surface area contributed by atoms with Crippen LogP contribution in [0.25, 0.3) is 0 Å². The van der Waals surface area contributed by atoms with E-state index in [0.29, 0.717) is 18.2 Å². The lowest BCUT2D eigenvalue weighted by atomic mass is 10.1. The molecule has 0 aliphatic rings. The van der Waals surface area contributed by atoms with E-state index >= 15 is 0 Å². The second-order valence-electron chi connectivity index (χ2n) is 3.72. The second-order valence-corrected chi connectivity index (χ2v) is 3.72. The van der Waals surface area contributed by atoms with Gasteiger partial charge in [0.15, 0.2) is 0 Å². The van der Waals surface area contributed by atoms with Crippen LogP contribution in [0, 0.1) is 17.7 Å². The molecule has 0 heterocycles. The number of hydrogen-bond donors (Lipinski definition) is 1. The molecular formula is C13H16FN. The van der Waals surface area contributed by atoms with Crippen molar-refractivity contribution in [2.24, 2.45) is 0 Å². The first-order valence-electron chi connectivity index (χ1n) is 5.08. The van der Waals surface area contributed by atoms with E-state index in [4.69, 9.17) is 0 Å². The summed E-state index contributed by atoms with van der Waals surface area (Å²) >= 11 is 0. The smallest absolute Gasteiger partial charge is 0.128 e. The van der Waals surface area contributed by atoms with E-state index in [-0.39, 0.29) is 5.82 Å². The molecule has 0 aromatic heterocycles. The van der Waals surface area contributed by atoms with E-state index in [1.807, 2.05) is 19.9 Å². The van der Waals surface area contributed by atoms with E-state index in [1.54, 1.807) is 13.0 Å². The van der Waals surface area contributed by atoms with Crippen LogP contribution in [-0.4, -0.2) is 6.04 Å². The molecule has 0 radical (unpaired) electrons. The molecule has 15 heavy (non-hydrogen) atoms. The summed E-state index contributed by atoms with van der Waals surface area (Å²) in [5, 5.41) is 3.18. The van der Waals surface area contributed by atoms with E-state index in [2.05, 4.69) is 17.2 Å². The van der Waals surface area contributed by atoms with Crippen LogP contribution in [0.4, 0.5) is 4.39 Å². The van der Waals surface area contributed by atoms with Crippen LogP contribution in [0.15, 0.2) is 18.2 Å². The zero-order valence-electron chi connectivity index (χ0n) is 9.39.